The maximum atomic E-state index is 8.76. The van der Waals surface area contributed by atoms with Gasteiger partial charge in [0, 0.05) is 6.42 Å². The van der Waals surface area contributed by atoms with Gasteiger partial charge in [0.25, 0.3) is 0 Å². The molecule has 1 saturated carbocycles. The molecular formula is C16H20O2. The van der Waals surface area contributed by atoms with E-state index in [0.29, 0.717) is 12.5 Å². The number of hydrogen-bond acceptors (Lipinski definition) is 2. The Morgan fingerprint density at radius 1 is 1.33 bits per heavy atom. The summed E-state index contributed by atoms with van der Waals surface area (Å²) in [5, 5.41) is 8.76. The molecular weight excluding hydrogens is 224 g/mol. The first-order valence-corrected chi connectivity index (χ1v) is 6.66. The van der Waals surface area contributed by atoms with E-state index in [1.54, 1.807) is 0 Å². The molecule has 0 unspecified atom stereocenters. The molecule has 18 heavy (non-hydrogen) atoms. The number of ether oxygens (including phenoxy) is 1. The topological polar surface area (TPSA) is 29.5 Å². The largest absolute Gasteiger partial charge is 0.489 e. The summed E-state index contributed by atoms with van der Waals surface area (Å²) in [6, 6.07) is 6.12. The third kappa shape index (κ3) is 3.51. The lowest BCUT2D eigenvalue weighted by Crippen LogP contribution is -2.11. The van der Waals surface area contributed by atoms with Crippen LogP contribution in [0.1, 0.15) is 43.2 Å². The highest BCUT2D eigenvalue weighted by molar-refractivity contribution is 5.48. The minimum Gasteiger partial charge on any atom is -0.489 e. The maximum absolute atomic E-state index is 8.76. The predicted molar refractivity (Wildman–Crippen MR) is 72.6 cm³/mol. The number of rotatable bonds is 3. The molecule has 1 aromatic rings. The fourth-order valence-corrected chi connectivity index (χ4v) is 2.24. The lowest BCUT2D eigenvalue weighted by Gasteiger charge is -2.14. The van der Waals surface area contributed by atoms with Crippen LogP contribution in [0.4, 0.5) is 0 Å². The highest BCUT2D eigenvalue weighted by Crippen LogP contribution is 2.26. The van der Waals surface area contributed by atoms with Crippen LogP contribution in [0.2, 0.25) is 0 Å². The molecule has 0 aromatic heterocycles. The first-order valence-electron chi connectivity index (χ1n) is 6.66. The zero-order valence-electron chi connectivity index (χ0n) is 10.9. The van der Waals surface area contributed by atoms with Gasteiger partial charge in [-0.2, -0.15) is 0 Å². The van der Waals surface area contributed by atoms with E-state index < -0.39 is 0 Å². The fourth-order valence-electron chi connectivity index (χ4n) is 2.24. The third-order valence-corrected chi connectivity index (χ3v) is 3.19. The molecule has 0 atom stereocenters. The molecule has 1 aliphatic carbocycles. The van der Waals surface area contributed by atoms with Gasteiger partial charge in [-0.3, -0.25) is 0 Å². The number of aryl methyl sites for hydroxylation is 1. The molecule has 2 heteroatoms. The first-order chi connectivity index (χ1) is 8.79. The monoisotopic (exact) mass is 244 g/mol. The van der Waals surface area contributed by atoms with Crippen LogP contribution >= 0.6 is 0 Å². The minimum absolute atomic E-state index is 0.109. The summed E-state index contributed by atoms with van der Waals surface area (Å²) in [7, 11) is 0. The van der Waals surface area contributed by atoms with E-state index in [-0.39, 0.29) is 6.61 Å². The molecule has 1 N–H and O–H groups in total. The molecule has 2 nitrogen and oxygen atoms in total. The standard InChI is InChI=1S/C16H20O2/c1-13-9-10-16(18-15-7-2-3-8-15)14(12-13)6-4-5-11-17/h9-10,12,15,17H,2-3,5,7-8,11H2,1H3. The van der Waals surface area contributed by atoms with Crippen LogP contribution in [0.15, 0.2) is 18.2 Å². The molecule has 2 rings (SSSR count). The first kappa shape index (κ1) is 13.0. The van der Waals surface area contributed by atoms with Crippen molar-refractivity contribution in [3.05, 3.63) is 29.3 Å². The van der Waals surface area contributed by atoms with Crippen molar-refractivity contribution in [1.29, 1.82) is 0 Å². The highest BCUT2D eigenvalue weighted by atomic mass is 16.5. The van der Waals surface area contributed by atoms with Crippen molar-refractivity contribution in [3.63, 3.8) is 0 Å². The lowest BCUT2D eigenvalue weighted by atomic mass is 10.1. The molecule has 0 amide bonds. The maximum Gasteiger partial charge on any atom is 0.135 e. The van der Waals surface area contributed by atoms with E-state index in [1.807, 2.05) is 6.07 Å². The van der Waals surface area contributed by atoms with Gasteiger partial charge in [-0.25, -0.2) is 0 Å². The van der Waals surface area contributed by atoms with Gasteiger partial charge >= 0.3 is 0 Å². The Morgan fingerprint density at radius 2 is 2.11 bits per heavy atom. The Morgan fingerprint density at radius 3 is 2.83 bits per heavy atom. The zero-order chi connectivity index (χ0) is 12.8. The van der Waals surface area contributed by atoms with Crippen LogP contribution in [0.5, 0.6) is 5.75 Å². The van der Waals surface area contributed by atoms with E-state index in [1.165, 1.54) is 18.4 Å². The molecule has 0 heterocycles. The van der Waals surface area contributed by atoms with Gasteiger partial charge in [0.05, 0.1) is 18.3 Å². The molecule has 1 fully saturated rings. The van der Waals surface area contributed by atoms with Crippen LogP contribution in [0, 0.1) is 18.8 Å². The van der Waals surface area contributed by atoms with Gasteiger partial charge in [0.2, 0.25) is 0 Å². The van der Waals surface area contributed by atoms with Crippen molar-refractivity contribution in [2.24, 2.45) is 0 Å². The SMILES string of the molecule is Cc1ccc(OC2CCCC2)c(C#CCCO)c1. The van der Waals surface area contributed by atoms with E-state index in [0.717, 1.165) is 24.2 Å². The van der Waals surface area contributed by atoms with Crippen LogP contribution in [-0.4, -0.2) is 17.8 Å². The van der Waals surface area contributed by atoms with Crippen molar-refractivity contribution < 1.29 is 9.84 Å². The average molecular weight is 244 g/mol. The third-order valence-electron chi connectivity index (χ3n) is 3.19. The van der Waals surface area contributed by atoms with Gasteiger partial charge < -0.3 is 9.84 Å². The fraction of sp³-hybridized carbons (Fsp3) is 0.500. The summed E-state index contributed by atoms with van der Waals surface area (Å²) < 4.78 is 6.03. The van der Waals surface area contributed by atoms with E-state index in [9.17, 15) is 0 Å². The van der Waals surface area contributed by atoms with Crippen LogP contribution in [0.3, 0.4) is 0 Å². The second-order valence-electron chi connectivity index (χ2n) is 4.80. The van der Waals surface area contributed by atoms with Gasteiger partial charge in [-0.05, 0) is 50.3 Å². The van der Waals surface area contributed by atoms with E-state index in [2.05, 4.69) is 30.9 Å². The van der Waals surface area contributed by atoms with Crippen molar-refractivity contribution in [2.45, 2.75) is 45.1 Å². The van der Waals surface area contributed by atoms with Crippen molar-refractivity contribution in [1.82, 2.24) is 0 Å². The Kier molecular flexibility index (Phi) is 4.66. The van der Waals surface area contributed by atoms with Gasteiger partial charge in [0.1, 0.15) is 5.75 Å². The molecule has 96 valence electrons. The molecule has 0 aliphatic heterocycles. The predicted octanol–water partition coefficient (Wildman–Crippen LogP) is 3.05. The quantitative estimate of drug-likeness (QED) is 0.828. The van der Waals surface area contributed by atoms with Crippen molar-refractivity contribution >= 4 is 0 Å². The minimum atomic E-state index is 0.109. The van der Waals surface area contributed by atoms with E-state index >= 15 is 0 Å². The summed E-state index contributed by atoms with van der Waals surface area (Å²) in [5.74, 6) is 6.94. The Labute approximate surface area is 109 Å². The molecule has 0 bridgehead atoms. The Balaban J connectivity index is 2.15. The Hall–Kier alpha value is -1.46. The summed E-state index contributed by atoms with van der Waals surface area (Å²) in [6.07, 6.45) is 5.70. The normalized spacial score (nSPS) is 15.2. The summed E-state index contributed by atoms with van der Waals surface area (Å²) >= 11 is 0. The van der Waals surface area contributed by atoms with E-state index in [4.69, 9.17) is 9.84 Å². The molecule has 0 spiro atoms. The van der Waals surface area contributed by atoms with Crippen LogP contribution in [0.25, 0.3) is 0 Å². The summed E-state index contributed by atoms with van der Waals surface area (Å²) in [4.78, 5) is 0. The van der Waals surface area contributed by atoms with Gasteiger partial charge in [0.15, 0.2) is 0 Å². The molecule has 1 aromatic carbocycles. The lowest BCUT2D eigenvalue weighted by molar-refractivity contribution is 0.209. The summed E-state index contributed by atoms with van der Waals surface area (Å²) in [6.45, 7) is 2.16. The van der Waals surface area contributed by atoms with Crippen molar-refractivity contribution in [3.8, 4) is 17.6 Å². The highest BCUT2D eigenvalue weighted by Gasteiger charge is 2.17. The smallest absolute Gasteiger partial charge is 0.135 e. The van der Waals surface area contributed by atoms with Gasteiger partial charge in [-0.15, -0.1) is 0 Å². The number of aliphatic hydroxyl groups is 1. The van der Waals surface area contributed by atoms with Crippen LogP contribution in [-0.2, 0) is 0 Å². The molecule has 0 saturated heterocycles. The van der Waals surface area contributed by atoms with Gasteiger partial charge in [-0.1, -0.05) is 17.9 Å². The van der Waals surface area contributed by atoms with Crippen molar-refractivity contribution in [2.75, 3.05) is 6.61 Å². The second kappa shape index (κ2) is 6.47. The van der Waals surface area contributed by atoms with Crippen LogP contribution < -0.4 is 4.74 Å². The summed E-state index contributed by atoms with van der Waals surface area (Å²) in [5.41, 5.74) is 2.12. The Bertz CT molecular complexity index is 448. The zero-order valence-corrected chi connectivity index (χ0v) is 10.9. The molecule has 1 aliphatic rings. The number of benzene rings is 1. The molecule has 0 radical (unpaired) electrons. The average Bonchev–Trinajstić information content (AvgIpc) is 2.86. The number of hydrogen-bond donors (Lipinski definition) is 1. The number of aliphatic hydroxyl groups excluding tert-OH is 1. The second-order valence-corrected chi connectivity index (χ2v) is 4.80.